The van der Waals surface area contributed by atoms with Gasteiger partial charge in [0.25, 0.3) is 5.91 Å². The van der Waals surface area contributed by atoms with E-state index in [0.717, 1.165) is 30.8 Å². The number of likely N-dealkylation sites (tertiary alicyclic amines) is 1. The molecule has 0 radical (unpaired) electrons. The lowest BCUT2D eigenvalue weighted by molar-refractivity contribution is -0.124. The van der Waals surface area contributed by atoms with Crippen LogP contribution < -0.4 is 5.48 Å². The number of benzene rings is 1. The fourth-order valence-corrected chi connectivity index (χ4v) is 3.94. The second-order valence-electron chi connectivity index (χ2n) is 7.19. The van der Waals surface area contributed by atoms with E-state index in [1.54, 1.807) is 11.6 Å². The first-order valence-electron chi connectivity index (χ1n) is 9.45. The van der Waals surface area contributed by atoms with Gasteiger partial charge in [-0.05, 0) is 62.4 Å². The number of hydrogen-bond acceptors (Lipinski definition) is 4. The van der Waals surface area contributed by atoms with Crippen LogP contribution in [0.2, 0.25) is 0 Å². The predicted molar refractivity (Wildman–Crippen MR) is 105 cm³/mol. The largest absolute Gasteiger partial charge is 0.296 e. The normalized spacial score (nSPS) is 17.7. The molecule has 0 saturated carbocycles. The standard InChI is InChI=1S/C21H28N4O2/c1-15-19(16(2)24(3)22-15)12-14-25-13-4-5-20(25)18-9-6-17(7-10-18)8-11-21(26)23-27/h6-11,20,27H,4-5,12-14H2,1-3H3,(H,23,26)/t20-/m1/s1. The average Bonchev–Trinajstić information content (AvgIpc) is 3.23. The third-order valence-corrected chi connectivity index (χ3v) is 5.53. The Balaban J connectivity index is 1.65. The summed E-state index contributed by atoms with van der Waals surface area (Å²) in [6.07, 6.45) is 6.42. The van der Waals surface area contributed by atoms with Crippen molar-refractivity contribution in [2.24, 2.45) is 7.05 Å². The monoisotopic (exact) mass is 368 g/mol. The summed E-state index contributed by atoms with van der Waals surface area (Å²) in [5, 5.41) is 13.1. The highest BCUT2D eigenvalue weighted by Gasteiger charge is 2.26. The molecule has 1 aromatic carbocycles. The van der Waals surface area contributed by atoms with E-state index in [4.69, 9.17) is 5.21 Å². The second-order valence-corrected chi connectivity index (χ2v) is 7.19. The molecule has 1 aliphatic heterocycles. The molecule has 144 valence electrons. The number of aryl methyl sites for hydroxylation is 2. The summed E-state index contributed by atoms with van der Waals surface area (Å²) in [6.45, 7) is 6.39. The van der Waals surface area contributed by atoms with Crippen molar-refractivity contribution in [3.63, 3.8) is 0 Å². The minimum absolute atomic E-state index is 0.445. The van der Waals surface area contributed by atoms with Crippen LogP contribution in [-0.4, -0.2) is 38.9 Å². The molecule has 27 heavy (non-hydrogen) atoms. The molecule has 0 spiro atoms. The number of amides is 1. The molecule has 1 aliphatic rings. The summed E-state index contributed by atoms with van der Waals surface area (Å²) in [4.78, 5) is 13.6. The number of aromatic nitrogens is 2. The third kappa shape index (κ3) is 4.46. The van der Waals surface area contributed by atoms with E-state index in [0.29, 0.717) is 6.04 Å². The fourth-order valence-electron chi connectivity index (χ4n) is 3.94. The van der Waals surface area contributed by atoms with Gasteiger partial charge in [-0.3, -0.25) is 19.6 Å². The van der Waals surface area contributed by atoms with Crippen LogP contribution in [0.15, 0.2) is 30.3 Å². The van der Waals surface area contributed by atoms with Crippen molar-refractivity contribution in [2.75, 3.05) is 13.1 Å². The number of carbonyl (C=O) groups is 1. The topological polar surface area (TPSA) is 70.4 Å². The third-order valence-electron chi connectivity index (χ3n) is 5.53. The maximum Gasteiger partial charge on any atom is 0.267 e. The number of hydrogen-bond donors (Lipinski definition) is 2. The molecule has 6 heteroatoms. The van der Waals surface area contributed by atoms with Gasteiger partial charge in [-0.1, -0.05) is 24.3 Å². The molecule has 1 amide bonds. The molecule has 3 rings (SSSR count). The molecule has 2 aromatic rings. The molecular formula is C21H28N4O2. The van der Waals surface area contributed by atoms with Gasteiger partial charge in [-0.15, -0.1) is 0 Å². The van der Waals surface area contributed by atoms with Gasteiger partial charge < -0.3 is 0 Å². The van der Waals surface area contributed by atoms with Crippen LogP contribution in [0.5, 0.6) is 0 Å². The lowest BCUT2D eigenvalue weighted by Crippen LogP contribution is -2.26. The van der Waals surface area contributed by atoms with Crippen LogP contribution in [0.25, 0.3) is 6.08 Å². The minimum atomic E-state index is -0.526. The van der Waals surface area contributed by atoms with Crippen molar-refractivity contribution in [2.45, 2.75) is 39.2 Å². The lowest BCUT2D eigenvalue weighted by Gasteiger charge is -2.25. The molecule has 1 aromatic heterocycles. The summed E-state index contributed by atoms with van der Waals surface area (Å²) in [6, 6.07) is 8.76. The van der Waals surface area contributed by atoms with E-state index >= 15 is 0 Å². The first-order chi connectivity index (χ1) is 13.0. The van der Waals surface area contributed by atoms with Crippen LogP contribution in [0.1, 0.15) is 47.0 Å². The molecule has 6 nitrogen and oxygen atoms in total. The number of carbonyl (C=O) groups excluding carboxylic acids is 1. The Bertz CT molecular complexity index is 823. The van der Waals surface area contributed by atoms with Crippen LogP contribution in [0, 0.1) is 13.8 Å². The maximum atomic E-state index is 11.1. The predicted octanol–water partition coefficient (Wildman–Crippen LogP) is 2.94. The fraction of sp³-hybridized carbons (Fsp3) is 0.429. The number of nitrogens with one attached hydrogen (secondary N) is 1. The Morgan fingerprint density at radius 2 is 2.07 bits per heavy atom. The highest BCUT2D eigenvalue weighted by atomic mass is 16.5. The SMILES string of the molecule is Cc1nn(C)c(C)c1CCN1CCC[C@@H]1c1ccc(C=CC(=O)NO)cc1. The van der Waals surface area contributed by atoms with E-state index in [-0.39, 0.29) is 0 Å². The van der Waals surface area contributed by atoms with Crippen LogP contribution >= 0.6 is 0 Å². The average molecular weight is 368 g/mol. The van der Waals surface area contributed by atoms with Gasteiger partial charge in [0.05, 0.1) is 5.69 Å². The van der Waals surface area contributed by atoms with E-state index in [2.05, 4.69) is 36.0 Å². The van der Waals surface area contributed by atoms with E-state index in [9.17, 15) is 4.79 Å². The summed E-state index contributed by atoms with van der Waals surface area (Å²) < 4.78 is 1.97. The van der Waals surface area contributed by atoms with Gasteiger partial charge in [0.1, 0.15) is 0 Å². The van der Waals surface area contributed by atoms with Crippen LogP contribution in [0.4, 0.5) is 0 Å². The molecule has 1 saturated heterocycles. The second kappa shape index (κ2) is 8.50. The van der Waals surface area contributed by atoms with Gasteiger partial charge in [0.2, 0.25) is 0 Å². The smallest absolute Gasteiger partial charge is 0.267 e. The highest BCUT2D eigenvalue weighted by Crippen LogP contribution is 2.32. The van der Waals surface area contributed by atoms with Gasteiger partial charge in [0.15, 0.2) is 0 Å². The molecule has 1 atom stereocenters. The quantitative estimate of drug-likeness (QED) is 0.467. The number of nitrogens with zero attached hydrogens (tertiary/aromatic N) is 3. The molecule has 0 aliphatic carbocycles. The highest BCUT2D eigenvalue weighted by molar-refractivity contribution is 5.90. The first-order valence-corrected chi connectivity index (χ1v) is 9.45. The van der Waals surface area contributed by atoms with Crippen molar-refractivity contribution in [3.05, 3.63) is 58.4 Å². The Morgan fingerprint density at radius 3 is 2.70 bits per heavy atom. The van der Waals surface area contributed by atoms with Gasteiger partial charge in [-0.2, -0.15) is 5.10 Å². The molecule has 2 N–H and O–H groups in total. The van der Waals surface area contributed by atoms with Crippen LogP contribution in [-0.2, 0) is 18.3 Å². The first kappa shape index (κ1) is 19.3. The Hall–Kier alpha value is -2.44. The van der Waals surface area contributed by atoms with E-state index < -0.39 is 5.91 Å². The maximum absolute atomic E-state index is 11.1. The van der Waals surface area contributed by atoms with Gasteiger partial charge in [-0.25, -0.2) is 5.48 Å². The lowest BCUT2D eigenvalue weighted by atomic mass is 10.0. The molecule has 0 bridgehead atoms. The van der Waals surface area contributed by atoms with E-state index in [1.807, 2.05) is 23.9 Å². The Labute approximate surface area is 160 Å². The van der Waals surface area contributed by atoms with Gasteiger partial charge >= 0.3 is 0 Å². The Kier molecular flexibility index (Phi) is 6.08. The summed E-state index contributed by atoms with van der Waals surface area (Å²) in [5.41, 5.74) is 7.61. The zero-order valence-electron chi connectivity index (χ0n) is 16.3. The molecular weight excluding hydrogens is 340 g/mol. The van der Waals surface area contributed by atoms with Crippen molar-refractivity contribution in [1.82, 2.24) is 20.2 Å². The van der Waals surface area contributed by atoms with Crippen molar-refractivity contribution < 1.29 is 10.0 Å². The molecule has 0 unspecified atom stereocenters. The number of rotatable bonds is 6. The van der Waals surface area contributed by atoms with Crippen LogP contribution in [0.3, 0.4) is 0 Å². The summed E-state index contributed by atoms with van der Waals surface area (Å²) >= 11 is 0. The Morgan fingerprint density at radius 1 is 1.33 bits per heavy atom. The summed E-state index contributed by atoms with van der Waals surface area (Å²) in [5.74, 6) is -0.526. The summed E-state index contributed by atoms with van der Waals surface area (Å²) in [7, 11) is 2.00. The zero-order valence-corrected chi connectivity index (χ0v) is 16.3. The van der Waals surface area contributed by atoms with Crippen molar-refractivity contribution in [1.29, 1.82) is 0 Å². The molecule has 2 heterocycles. The number of hydroxylamine groups is 1. The molecule has 1 fully saturated rings. The minimum Gasteiger partial charge on any atom is -0.296 e. The van der Waals surface area contributed by atoms with Crippen molar-refractivity contribution >= 4 is 12.0 Å². The van der Waals surface area contributed by atoms with E-state index in [1.165, 1.54) is 35.7 Å². The van der Waals surface area contributed by atoms with Crippen molar-refractivity contribution in [3.8, 4) is 0 Å². The zero-order chi connectivity index (χ0) is 19.4. The van der Waals surface area contributed by atoms with Gasteiger partial charge in [0, 0.05) is 31.4 Å².